The largest absolute Gasteiger partial charge is 0.478 e. The van der Waals surface area contributed by atoms with Crippen LogP contribution < -0.4 is 9.47 Å². The Morgan fingerprint density at radius 1 is 1.20 bits per heavy atom. The average molecular weight is 648 g/mol. The molecule has 3 aliphatic rings. The Hall–Kier alpha value is -4.27. The van der Waals surface area contributed by atoms with Gasteiger partial charge in [-0.3, -0.25) is 9.88 Å². The number of hydrogen-bond donors (Lipinski definition) is 1. The molecule has 238 valence electrons. The molecular formula is C34H32ClF2N5O4. The predicted octanol–water partition coefficient (Wildman–Crippen LogP) is 7.22. The summed E-state index contributed by atoms with van der Waals surface area (Å²) in [5.41, 5.74) is 0.801. The van der Waals surface area contributed by atoms with Gasteiger partial charge in [0, 0.05) is 37.7 Å². The molecule has 1 atom stereocenters. The Bertz CT molecular complexity index is 1890. The summed E-state index contributed by atoms with van der Waals surface area (Å²) >= 11 is 6.03. The minimum atomic E-state index is -3.30. The van der Waals surface area contributed by atoms with Crippen LogP contribution in [-0.2, 0) is 24.8 Å². The molecule has 1 aliphatic carbocycles. The highest BCUT2D eigenvalue weighted by atomic mass is 35.5. The zero-order valence-corrected chi connectivity index (χ0v) is 26.2. The van der Waals surface area contributed by atoms with Gasteiger partial charge in [0.15, 0.2) is 11.5 Å². The van der Waals surface area contributed by atoms with Crippen molar-refractivity contribution in [2.75, 3.05) is 13.1 Å². The number of carboxylic acid groups (broad SMARTS) is 1. The van der Waals surface area contributed by atoms with Crippen molar-refractivity contribution in [1.29, 1.82) is 5.26 Å². The first-order chi connectivity index (χ1) is 21.9. The predicted molar refractivity (Wildman–Crippen MR) is 165 cm³/mol. The van der Waals surface area contributed by atoms with E-state index < -0.39 is 28.7 Å². The van der Waals surface area contributed by atoms with Gasteiger partial charge in [-0.1, -0.05) is 23.7 Å². The smallest absolute Gasteiger partial charge is 0.335 e. The molecule has 9 nitrogen and oxygen atoms in total. The molecule has 4 heterocycles. The fourth-order valence-corrected chi connectivity index (χ4v) is 6.72. The number of nitrogens with zero attached hydrogens (tertiary/aromatic N) is 5. The van der Waals surface area contributed by atoms with Crippen molar-refractivity contribution >= 4 is 28.6 Å². The van der Waals surface area contributed by atoms with E-state index in [9.17, 15) is 23.9 Å². The molecule has 1 saturated heterocycles. The fourth-order valence-electron chi connectivity index (χ4n) is 6.61. The summed E-state index contributed by atoms with van der Waals surface area (Å²) in [5, 5.41) is 20.1. The number of para-hydroxylation sites is 1. The van der Waals surface area contributed by atoms with E-state index in [1.807, 2.05) is 19.1 Å². The third-order valence-corrected chi connectivity index (χ3v) is 9.62. The van der Waals surface area contributed by atoms with E-state index in [2.05, 4.69) is 27.0 Å². The number of hydrogen-bond acceptors (Lipinski definition) is 7. The first kappa shape index (κ1) is 30.4. The van der Waals surface area contributed by atoms with E-state index in [0.29, 0.717) is 52.9 Å². The molecule has 1 saturated carbocycles. The van der Waals surface area contributed by atoms with Crippen molar-refractivity contribution in [3.05, 3.63) is 81.9 Å². The van der Waals surface area contributed by atoms with Crippen LogP contribution in [0.3, 0.4) is 0 Å². The van der Waals surface area contributed by atoms with Crippen molar-refractivity contribution < 1.29 is 28.2 Å². The van der Waals surface area contributed by atoms with Crippen molar-refractivity contribution in [3.8, 4) is 17.6 Å². The molecule has 2 aromatic carbocycles. The number of nitriles is 1. The molecule has 12 heteroatoms. The summed E-state index contributed by atoms with van der Waals surface area (Å²) in [6.45, 7) is 4.67. The second-order valence-corrected chi connectivity index (χ2v) is 13.3. The second kappa shape index (κ2) is 10.9. The van der Waals surface area contributed by atoms with Crippen LogP contribution in [-0.4, -0.2) is 43.6 Å². The van der Waals surface area contributed by atoms with Crippen molar-refractivity contribution in [2.24, 2.45) is 5.41 Å². The number of carbonyl (C=O) groups is 1. The summed E-state index contributed by atoms with van der Waals surface area (Å²) in [6.07, 6.45) is 4.60. The number of aromatic nitrogens is 3. The number of fused-ring (bicyclic) bond motifs is 2. The van der Waals surface area contributed by atoms with E-state index >= 15 is 0 Å². The van der Waals surface area contributed by atoms with E-state index in [1.54, 1.807) is 22.9 Å². The second-order valence-electron chi connectivity index (χ2n) is 12.8. The molecule has 2 fully saturated rings. The van der Waals surface area contributed by atoms with Crippen LogP contribution in [0.1, 0.15) is 78.5 Å². The van der Waals surface area contributed by atoms with Crippen molar-refractivity contribution in [3.63, 3.8) is 0 Å². The lowest BCUT2D eigenvalue weighted by molar-refractivity contribution is -0.0722. The van der Waals surface area contributed by atoms with Crippen molar-refractivity contribution in [1.82, 2.24) is 19.4 Å². The van der Waals surface area contributed by atoms with Crippen molar-refractivity contribution in [2.45, 2.75) is 70.2 Å². The molecule has 0 bridgehead atoms. The third kappa shape index (κ3) is 5.43. The topological polar surface area (TPSA) is 114 Å². The van der Waals surface area contributed by atoms with Gasteiger partial charge < -0.3 is 19.1 Å². The maximum absolute atomic E-state index is 14.8. The maximum Gasteiger partial charge on any atom is 0.335 e. The van der Waals surface area contributed by atoms with Crippen LogP contribution in [0.25, 0.3) is 11.0 Å². The Morgan fingerprint density at radius 3 is 2.59 bits per heavy atom. The van der Waals surface area contributed by atoms with E-state index in [-0.39, 0.29) is 23.5 Å². The molecule has 7 rings (SSSR count). The monoisotopic (exact) mass is 647 g/mol. The number of benzene rings is 2. The molecule has 2 aliphatic heterocycles. The minimum Gasteiger partial charge on any atom is -0.478 e. The minimum absolute atomic E-state index is 0.0753. The summed E-state index contributed by atoms with van der Waals surface area (Å²) in [4.78, 5) is 23.2. The lowest BCUT2D eigenvalue weighted by atomic mass is 9.88. The van der Waals surface area contributed by atoms with E-state index in [4.69, 9.17) is 21.1 Å². The first-order valence-corrected chi connectivity index (χ1v) is 15.7. The van der Waals surface area contributed by atoms with Gasteiger partial charge in [-0.05, 0) is 75.0 Å². The molecule has 0 spiro atoms. The summed E-state index contributed by atoms with van der Waals surface area (Å²) in [5.74, 6) is -3.57. The highest BCUT2D eigenvalue weighted by molar-refractivity contribution is 6.30. The quantitative estimate of drug-likeness (QED) is 0.213. The molecule has 2 aromatic heterocycles. The molecular weight excluding hydrogens is 616 g/mol. The lowest BCUT2D eigenvalue weighted by Gasteiger charge is -2.32. The summed E-state index contributed by atoms with van der Waals surface area (Å²) in [7, 11) is 0. The highest BCUT2D eigenvalue weighted by Gasteiger charge is 2.45. The molecule has 0 unspecified atom stereocenters. The number of rotatable bonds is 8. The fraction of sp³-hybridized carbons (Fsp3) is 0.412. The Kier molecular flexibility index (Phi) is 7.21. The number of ether oxygens (including phenoxy) is 2. The number of likely N-dealkylation sites (tertiary alicyclic amines) is 1. The number of piperidine rings is 1. The van der Waals surface area contributed by atoms with Gasteiger partial charge in [0.1, 0.15) is 11.5 Å². The van der Waals surface area contributed by atoms with E-state index in [0.717, 1.165) is 44.5 Å². The van der Waals surface area contributed by atoms with Crippen LogP contribution in [0.4, 0.5) is 8.78 Å². The van der Waals surface area contributed by atoms with Gasteiger partial charge in [-0.2, -0.15) is 5.26 Å². The van der Waals surface area contributed by atoms with Gasteiger partial charge >= 0.3 is 5.97 Å². The van der Waals surface area contributed by atoms with Crippen LogP contribution in [0, 0.1) is 16.7 Å². The van der Waals surface area contributed by atoms with Gasteiger partial charge in [-0.25, -0.2) is 18.6 Å². The number of aromatic carboxylic acids is 1. The zero-order valence-electron chi connectivity index (χ0n) is 25.4. The van der Waals surface area contributed by atoms with Gasteiger partial charge in [0.05, 0.1) is 39.6 Å². The maximum atomic E-state index is 14.8. The average Bonchev–Trinajstić information content (AvgIpc) is 3.60. The summed E-state index contributed by atoms with van der Waals surface area (Å²) < 4.78 is 44.0. The van der Waals surface area contributed by atoms with Crippen LogP contribution >= 0.6 is 11.6 Å². The molecule has 0 radical (unpaired) electrons. The van der Waals surface area contributed by atoms with Crippen LogP contribution in [0.15, 0.2) is 48.7 Å². The number of alkyl halides is 2. The molecule has 4 aromatic rings. The van der Waals surface area contributed by atoms with E-state index in [1.165, 1.54) is 6.07 Å². The van der Waals surface area contributed by atoms with Gasteiger partial charge in [0.25, 0.3) is 11.7 Å². The third-order valence-electron chi connectivity index (χ3n) is 9.40. The standard InChI is InChI=1S/C34H32ClF2N5O4/c1-32(36,37)24-14-21(31(43)44)15-25-29(24)40-28(42(25)19-34(18-38)10-11-34)17-41-12-8-20(9-13-41)23-4-3-5-26-30(23)46-33(2,45-26)27-7-6-22(35)16-39-27/h3-7,14-16,20H,8-13,17,19H2,1-2H3,(H,43,44)/t33-/m0/s1. The summed E-state index contributed by atoms with van der Waals surface area (Å²) in [6, 6.07) is 14.2. The zero-order chi connectivity index (χ0) is 32.4. The molecule has 1 N–H and O–H groups in total. The Balaban J connectivity index is 1.14. The molecule has 46 heavy (non-hydrogen) atoms. The van der Waals surface area contributed by atoms with Crippen LogP contribution in [0.5, 0.6) is 11.5 Å². The number of pyridine rings is 1. The highest BCUT2D eigenvalue weighted by Crippen LogP contribution is 2.50. The Morgan fingerprint density at radius 2 is 1.96 bits per heavy atom. The Labute approximate surface area is 269 Å². The normalized spacial score (nSPS) is 21.0. The van der Waals surface area contributed by atoms with Gasteiger partial charge in [-0.15, -0.1) is 0 Å². The number of halogens is 3. The number of carboxylic acids is 1. The molecule has 0 amide bonds. The number of imidazole rings is 1. The van der Waals surface area contributed by atoms with Crippen LogP contribution in [0.2, 0.25) is 5.02 Å². The SMILES string of the molecule is CC(F)(F)c1cc(C(=O)O)cc2c1nc(CN1CCC(c3cccc4c3O[C@@](C)(c3ccc(Cl)cn3)O4)CC1)n2CC1(C#N)CC1. The lowest BCUT2D eigenvalue weighted by Crippen LogP contribution is -2.34. The first-order valence-electron chi connectivity index (χ1n) is 15.3. The van der Waals surface area contributed by atoms with Gasteiger partial charge in [0.2, 0.25) is 0 Å².